The van der Waals surface area contributed by atoms with Crippen LogP contribution in [0.2, 0.25) is 0 Å². The Morgan fingerprint density at radius 1 is 1.14 bits per heavy atom. The van der Waals surface area contributed by atoms with Crippen LogP contribution in [-0.4, -0.2) is 35.5 Å². The zero-order valence-electron chi connectivity index (χ0n) is 18.9. The molecule has 1 aromatic carbocycles. The predicted octanol–water partition coefficient (Wildman–Crippen LogP) is 3.91. The van der Waals surface area contributed by atoms with E-state index in [1.54, 1.807) is 7.11 Å². The van der Waals surface area contributed by atoms with Gasteiger partial charge >= 0.3 is 0 Å². The second-order valence-corrected chi connectivity index (χ2v) is 10.3. The third kappa shape index (κ3) is 2.41. The SMILES string of the molecule is COc1ccc2c(c1C)CC(=O)[C@]1(C)C[C@H](C)[C@]3(OC(C)(C)[C@@H](C)[C@H]3O)O[C@@]21C. The molecule has 1 aromatic rings. The van der Waals surface area contributed by atoms with Crippen molar-refractivity contribution in [3.8, 4) is 5.75 Å². The number of aliphatic hydroxyl groups is 1. The van der Waals surface area contributed by atoms with Gasteiger partial charge in [0.25, 0.3) is 0 Å². The van der Waals surface area contributed by atoms with E-state index in [0.717, 1.165) is 22.4 Å². The summed E-state index contributed by atoms with van der Waals surface area (Å²) in [6.07, 6.45) is 0.208. The average molecular weight is 403 g/mol. The molecule has 2 aliphatic heterocycles. The van der Waals surface area contributed by atoms with Gasteiger partial charge in [0.15, 0.2) is 5.79 Å². The minimum Gasteiger partial charge on any atom is -0.496 e. The lowest BCUT2D eigenvalue weighted by Gasteiger charge is -2.60. The third-order valence-electron chi connectivity index (χ3n) is 8.46. The van der Waals surface area contributed by atoms with E-state index < -0.39 is 28.5 Å². The van der Waals surface area contributed by atoms with Crippen LogP contribution in [0, 0.1) is 24.2 Å². The average Bonchev–Trinajstić information content (AvgIpc) is 2.81. The summed E-state index contributed by atoms with van der Waals surface area (Å²) in [5.41, 5.74) is 0.831. The van der Waals surface area contributed by atoms with E-state index in [4.69, 9.17) is 14.2 Å². The van der Waals surface area contributed by atoms with Crippen LogP contribution < -0.4 is 4.74 Å². The number of aliphatic hydroxyl groups excluding tert-OH is 1. The fourth-order valence-electron chi connectivity index (χ4n) is 5.97. The lowest BCUT2D eigenvalue weighted by atomic mass is 9.55. The van der Waals surface area contributed by atoms with Gasteiger partial charge in [0.2, 0.25) is 0 Å². The van der Waals surface area contributed by atoms with Crippen LogP contribution in [0.4, 0.5) is 0 Å². The first-order valence-corrected chi connectivity index (χ1v) is 10.6. The van der Waals surface area contributed by atoms with E-state index in [9.17, 15) is 9.90 Å². The first-order valence-electron chi connectivity index (χ1n) is 10.6. The zero-order valence-corrected chi connectivity index (χ0v) is 18.9. The first kappa shape index (κ1) is 20.8. The van der Waals surface area contributed by atoms with Crippen molar-refractivity contribution in [2.45, 2.75) is 84.4 Å². The molecule has 29 heavy (non-hydrogen) atoms. The molecule has 5 heteroatoms. The van der Waals surface area contributed by atoms with Crippen molar-refractivity contribution in [2.24, 2.45) is 17.3 Å². The van der Waals surface area contributed by atoms with Crippen molar-refractivity contribution >= 4 is 5.78 Å². The Bertz CT molecular complexity index is 876. The van der Waals surface area contributed by atoms with E-state index in [2.05, 4.69) is 0 Å². The molecule has 1 spiro atoms. The van der Waals surface area contributed by atoms with Crippen molar-refractivity contribution in [2.75, 3.05) is 7.11 Å². The number of hydrogen-bond acceptors (Lipinski definition) is 5. The van der Waals surface area contributed by atoms with Gasteiger partial charge in [-0.3, -0.25) is 4.79 Å². The maximum absolute atomic E-state index is 13.5. The molecule has 0 saturated carbocycles. The van der Waals surface area contributed by atoms with Gasteiger partial charge in [-0.25, -0.2) is 0 Å². The summed E-state index contributed by atoms with van der Waals surface area (Å²) in [5.74, 6) is -0.404. The summed E-state index contributed by atoms with van der Waals surface area (Å²) in [5, 5.41) is 11.3. The minimum atomic E-state index is -1.14. The molecule has 6 atom stereocenters. The van der Waals surface area contributed by atoms with Crippen LogP contribution in [0.1, 0.15) is 64.7 Å². The Kier molecular flexibility index (Phi) is 4.35. The smallest absolute Gasteiger partial charge is 0.199 e. The summed E-state index contributed by atoms with van der Waals surface area (Å²) in [7, 11) is 1.64. The molecule has 2 fully saturated rings. The number of ether oxygens (including phenoxy) is 3. The Labute approximate surface area is 173 Å². The molecule has 0 aromatic heterocycles. The highest BCUT2D eigenvalue weighted by Crippen LogP contribution is 2.63. The molecule has 1 N–H and O–H groups in total. The van der Waals surface area contributed by atoms with Gasteiger partial charge in [-0.1, -0.05) is 19.9 Å². The van der Waals surface area contributed by atoms with Gasteiger partial charge in [-0.2, -0.15) is 0 Å². The number of Topliss-reactive ketones (excluding diaryl/α,β-unsaturated/α-hetero) is 1. The summed E-state index contributed by atoms with van der Waals surface area (Å²) in [4.78, 5) is 13.5. The molecule has 5 nitrogen and oxygen atoms in total. The highest BCUT2D eigenvalue weighted by Gasteiger charge is 2.70. The van der Waals surface area contributed by atoms with Gasteiger partial charge in [0, 0.05) is 18.3 Å². The molecule has 0 bridgehead atoms. The van der Waals surface area contributed by atoms with Crippen LogP contribution in [0.15, 0.2) is 12.1 Å². The van der Waals surface area contributed by atoms with Gasteiger partial charge in [0.1, 0.15) is 23.2 Å². The zero-order chi connectivity index (χ0) is 21.6. The summed E-state index contributed by atoms with van der Waals surface area (Å²) in [6, 6.07) is 3.97. The van der Waals surface area contributed by atoms with Crippen molar-refractivity contribution in [1.82, 2.24) is 0 Å². The number of fused-ring (bicyclic) bond motifs is 3. The van der Waals surface area contributed by atoms with Crippen molar-refractivity contribution in [1.29, 1.82) is 0 Å². The monoisotopic (exact) mass is 402 g/mol. The minimum absolute atomic E-state index is 0.0886. The molecule has 0 unspecified atom stereocenters. The molecular weight excluding hydrogens is 368 g/mol. The van der Waals surface area contributed by atoms with Crippen LogP contribution in [0.5, 0.6) is 5.75 Å². The van der Waals surface area contributed by atoms with Gasteiger partial charge in [-0.05, 0) is 63.8 Å². The lowest BCUT2D eigenvalue weighted by Crippen LogP contribution is -2.66. The third-order valence-corrected chi connectivity index (χ3v) is 8.46. The van der Waals surface area contributed by atoms with E-state index in [1.807, 2.05) is 60.6 Å². The van der Waals surface area contributed by atoms with Crippen molar-refractivity contribution in [3.63, 3.8) is 0 Å². The van der Waals surface area contributed by atoms with Gasteiger partial charge in [-0.15, -0.1) is 0 Å². The van der Waals surface area contributed by atoms with Gasteiger partial charge < -0.3 is 19.3 Å². The highest BCUT2D eigenvalue weighted by molar-refractivity contribution is 5.91. The normalized spacial score (nSPS) is 43.2. The van der Waals surface area contributed by atoms with E-state index in [1.165, 1.54) is 0 Å². The fourth-order valence-corrected chi connectivity index (χ4v) is 5.97. The lowest BCUT2D eigenvalue weighted by molar-refractivity contribution is -0.380. The van der Waals surface area contributed by atoms with Crippen molar-refractivity contribution < 1.29 is 24.1 Å². The number of rotatable bonds is 1. The molecule has 160 valence electrons. The van der Waals surface area contributed by atoms with Crippen LogP contribution >= 0.6 is 0 Å². The number of ketones is 1. The largest absolute Gasteiger partial charge is 0.496 e. The number of methoxy groups -OCH3 is 1. The summed E-state index contributed by atoms with van der Waals surface area (Å²) >= 11 is 0. The second-order valence-electron chi connectivity index (χ2n) is 10.3. The molecule has 0 radical (unpaired) electrons. The molecule has 0 amide bonds. The number of carbonyl (C=O) groups excluding carboxylic acids is 1. The Hall–Kier alpha value is -1.43. The Morgan fingerprint density at radius 3 is 2.34 bits per heavy atom. The van der Waals surface area contributed by atoms with Gasteiger partial charge in [0.05, 0.1) is 18.1 Å². The quantitative estimate of drug-likeness (QED) is 0.772. The van der Waals surface area contributed by atoms with E-state index >= 15 is 0 Å². The Balaban J connectivity index is 1.91. The maximum Gasteiger partial charge on any atom is 0.199 e. The fraction of sp³-hybridized carbons (Fsp3) is 0.708. The molecule has 3 aliphatic rings. The topological polar surface area (TPSA) is 65.0 Å². The van der Waals surface area contributed by atoms with Crippen LogP contribution in [0.3, 0.4) is 0 Å². The standard InChI is InChI=1S/C24H34O5/c1-13-12-22(6)19(25)11-16-14(2)18(27-8)10-9-17(16)23(22,7)29-24(13)20(26)15(3)21(4,5)28-24/h9-10,13,15,20,26H,11-12H2,1-8H3/t13-,15-,20+,22-,23-,24-/m0/s1. The highest BCUT2D eigenvalue weighted by atomic mass is 16.7. The predicted molar refractivity (Wildman–Crippen MR) is 110 cm³/mol. The summed E-state index contributed by atoms with van der Waals surface area (Å²) < 4.78 is 18.8. The number of benzene rings is 1. The second kappa shape index (κ2) is 6.05. The molecule has 2 heterocycles. The van der Waals surface area contributed by atoms with Crippen LogP contribution in [0.25, 0.3) is 0 Å². The molecule has 4 rings (SSSR count). The van der Waals surface area contributed by atoms with E-state index in [-0.39, 0.29) is 17.6 Å². The van der Waals surface area contributed by atoms with Crippen LogP contribution in [-0.2, 0) is 26.3 Å². The number of hydrogen-bond donors (Lipinski definition) is 1. The summed E-state index contributed by atoms with van der Waals surface area (Å²) in [6.45, 7) is 14.0. The van der Waals surface area contributed by atoms with E-state index in [0.29, 0.717) is 12.8 Å². The molecule has 2 saturated heterocycles. The molecular formula is C24H34O5. The van der Waals surface area contributed by atoms with Crippen molar-refractivity contribution in [3.05, 3.63) is 28.8 Å². The first-order chi connectivity index (χ1) is 13.3. The Morgan fingerprint density at radius 2 is 1.79 bits per heavy atom. The maximum atomic E-state index is 13.5. The number of carbonyl (C=O) groups is 1. The molecule has 1 aliphatic carbocycles.